The van der Waals surface area contributed by atoms with Gasteiger partial charge in [0.15, 0.2) is 0 Å². The quantitative estimate of drug-likeness (QED) is 0.899. The molecule has 1 aromatic carbocycles. The van der Waals surface area contributed by atoms with Crippen LogP contribution in [0.15, 0.2) is 30.3 Å². The van der Waals surface area contributed by atoms with Crippen molar-refractivity contribution in [3.05, 3.63) is 35.9 Å². The van der Waals surface area contributed by atoms with Gasteiger partial charge in [-0.25, -0.2) is 0 Å². The molecule has 1 saturated heterocycles. The van der Waals surface area contributed by atoms with E-state index in [2.05, 4.69) is 27.7 Å². The van der Waals surface area contributed by atoms with Crippen LogP contribution in [0, 0.1) is 5.92 Å². The Morgan fingerprint density at radius 2 is 1.86 bits per heavy atom. The van der Waals surface area contributed by atoms with Crippen LogP contribution in [-0.4, -0.2) is 29.0 Å². The van der Waals surface area contributed by atoms with E-state index >= 15 is 0 Å². The van der Waals surface area contributed by atoms with Crippen molar-refractivity contribution in [3.63, 3.8) is 0 Å². The fourth-order valence-electron chi connectivity index (χ4n) is 3.56. The number of aliphatic hydroxyl groups is 1. The Hall–Kier alpha value is -0.900. The highest BCUT2D eigenvalue weighted by atomic mass is 16.5. The van der Waals surface area contributed by atoms with E-state index in [0.29, 0.717) is 6.61 Å². The van der Waals surface area contributed by atoms with Crippen molar-refractivity contribution in [1.29, 1.82) is 0 Å². The lowest BCUT2D eigenvalue weighted by atomic mass is 9.80. The second kappa shape index (κ2) is 6.07. The van der Waals surface area contributed by atoms with Crippen molar-refractivity contribution in [1.82, 2.24) is 0 Å². The highest BCUT2D eigenvalue weighted by molar-refractivity contribution is 5.20. The van der Waals surface area contributed by atoms with Crippen LogP contribution in [0.2, 0.25) is 0 Å². The zero-order valence-electron chi connectivity index (χ0n) is 13.8. The number of benzene rings is 1. The first-order valence-electron chi connectivity index (χ1n) is 7.81. The monoisotopic (exact) mass is 292 g/mol. The van der Waals surface area contributed by atoms with Crippen LogP contribution in [0.4, 0.5) is 0 Å². The van der Waals surface area contributed by atoms with Crippen LogP contribution < -0.4 is 0 Å². The van der Waals surface area contributed by atoms with Gasteiger partial charge in [0.05, 0.1) is 17.3 Å². The van der Waals surface area contributed by atoms with Gasteiger partial charge in [-0.15, -0.1) is 0 Å². The molecular weight excluding hydrogens is 264 g/mol. The Labute approximate surface area is 128 Å². The molecule has 0 aromatic heterocycles. The molecule has 1 aliphatic heterocycles. The molecule has 1 N–H and O–H groups in total. The van der Waals surface area contributed by atoms with Gasteiger partial charge in [0.1, 0.15) is 6.10 Å². The highest BCUT2D eigenvalue weighted by Crippen LogP contribution is 2.46. The number of ether oxygens (including phenoxy) is 2. The van der Waals surface area contributed by atoms with Gasteiger partial charge >= 0.3 is 0 Å². The summed E-state index contributed by atoms with van der Waals surface area (Å²) in [7, 11) is 0. The average Bonchev–Trinajstić information content (AvgIpc) is 2.64. The smallest absolute Gasteiger partial charge is 0.109 e. The lowest BCUT2D eigenvalue weighted by Gasteiger charge is -2.34. The summed E-state index contributed by atoms with van der Waals surface area (Å²) in [5, 5.41) is 11.0. The molecule has 0 saturated carbocycles. The molecule has 0 bridgehead atoms. The number of hydrogen-bond acceptors (Lipinski definition) is 3. The molecule has 1 fully saturated rings. The third kappa shape index (κ3) is 3.65. The summed E-state index contributed by atoms with van der Waals surface area (Å²) in [5.74, 6) is 0.0456. The standard InChI is InChI=1S/C18H28O3/c1-6-20-16(13-10-8-7-9-11-13)15(19)14-12-17(2,3)21-18(14,4)5/h7-11,14-16,19H,6,12H2,1-5H3. The lowest BCUT2D eigenvalue weighted by Crippen LogP contribution is -2.40. The Morgan fingerprint density at radius 1 is 1.24 bits per heavy atom. The number of rotatable bonds is 5. The lowest BCUT2D eigenvalue weighted by molar-refractivity contribution is -0.114. The summed E-state index contributed by atoms with van der Waals surface area (Å²) < 4.78 is 12.0. The Bertz CT molecular complexity index is 453. The Balaban J connectivity index is 2.25. The first kappa shape index (κ1) is 16.5. The maximum atomic E-state index is 11.0. The largest absolute Gasteiger partial charge is 0.390 e. The van der Waals surface area contributed by atoms with E-state index in [0.717, 1.165) is 12.0 Å². The molecule has 0 radical (unpaired) electrons. The van der Waals surface area contributed by atoms with Gasteiger partial charge in [-0.05, 0) is 46.6 Å². The van der Waals surface area contributed by atoms with Gasteiger partial charge in [-0.3, -0.25) is 0 Å². The second-order valence-electron chi connectivity index (χ2n) is 7.05. The van der Waals surface area contributed by atoms with Crippen LogP contribution in [-0.2, 0) is 9.47 Å². The third-order valence-electron chi connectivity index (χ3n) is 4.34. The van der Waals surface area contributed by atoms with Crippen LogP contribution in [0.3, 0.4) is 0 Å². The summed E-state index contributed by atoms with van der Waals surface area (Å²) in [6, 6.07) is 9.96. The van der Waals surface area contributed by atoms with Crippen molar-refractivity contribution in [2.24, 2.45) is 5.92 Å². The molecule has 0 aliphatic carbocycles. The van der Waals surface area contributed by atoms with Gasteiger partial charge in [-0.1, -0.05) is 30.3 Å². The summed E-state index contributed by atoms with van der Waals surface area (Å²) in [6.07, 6.45) is -0.0560. The molecule has 3 nitrogen and oxygen atoms in total. The van der Waals surface area contributed by atoms with Gasteiger partial charge in [0.2, 0.25) is 0 Å². The normalized spacial score (nSPS) is 26.5. The number of hydrogen-bond donors (Lipinski definition) is 1. The maximum absolute atomic E-state index is 11.0. The molecule has 0 spiro atoms. The molecule has 3 unspecified atom stereocenters. The van der Waals surface area contributed by atoms with Crippen molar-refractivity contribution < 1.29 is 14.6 Å². The van der Waals surface area contributed by atoms with E-state index in [1.54, 1.807) is 0 Å². The summed E-state index contributed by atoms with van der Waals surface area (Å²) >= 11 is 0. The molecule has 3 heteroatoms. The minimum Gasteiger partial charge on any atom is -0.390 e. The minimum atomic E-state index is -0.580. The molecule has 1 aliphatic rings. The van der Waals surface area contributed by atoms with Crippen molar-refractivity contribution in [2.75, 3.05) is 6.61 Å². The zero-order valence-corrected chi connectivity index (χ0v) is 13.8. The molecule has 1 heterocycles. The highest BCUT2D eigenvalue weighted by Gasteiger charge is 2.50. The van der Waals surface area contributed by atoms with Crippen LogP contribution in [0.25, 0.3) is 0 Å². The molecule has 0 amide bonds. The predicted molar refractivity (Wildman–Crippen MR) is 84.2 cm³/mol. The van der Waals surface area contributed by atoms with E-state index in [1.807, 2.05) is 37.3 Å². The summed E-state index contributed by atoms with van der Waals surface area (Å²) in [6.45, 7) is 10.8. The van der Waals surface area contributed by atoms with Crippen LogP contribution in [0.1, 0.15) is 52.7 Å². The van der Waals surface area contributed by atoms with Gasteiger partial charge < -0.3 is 14.6 Å². The molecule has 118 valence electrons. The minimum absolute atomic E-state index is 0.0456. The molecule has 2 rings (SSSR count). The SMILES string of the molecule is CCOC(c1ccccc1)C(O)C1CC(C)(C)OC1(C)C. The molecular formula is C18H28O3. The fraction of sp³-hybridized carbons (Fsp3) is 0.667. The first-order valence-corrected chi connectivity index (χ1v) is 7.81. The summed E-state index contributed by atoms with van der Waals surface area (Å²) in [5.41, 5.74) is 0.461. The fourth-order valence-corrected chi connectivity index (χ4v) is 3.56. The molecule has 3 atom stereocenters. The molecule has 21 heavy (non-hydrogen) atoms. The zero-order chi connectivity index (χ0) is 15.7. The van der Waals surface area contributed by atoms with Gasteiger partial charge in [-0.2, -0.15) is 0 Å². The number of aliphatic hydroxyl groups excluding tert-OH is 1. The van der Waals surface area contributed by atoms with E-state index in [1.165, 1.54) is 0 Å². The van der Waals surface area contributed by atoms with Crippen LogP contribution in [0.5, 0.6) is 0 Å². The first-order chi connectivity index (χ1) is 9.77. The van der Waals surface area contributed by atoms with E-state index < -0.39 is 6.10 Å². The van der Waals surface area contributed by atoms with E-state index in [4.69, 9.17) is 9.47 Å². The Kier molecular flexibility index (Phi) is 4.76. The molecule has 1 aromatic rings. The third-order valence-corrected chi connectivity index (χ3v) is 4.34. The van der Waals surface area contributed by atoms with Gasteiger partial charge in [0, 0.05) is 12.5 Å². The second-order valence-corrected chi connectivity index (χ2v) is 7.05. The topological polar surface area (TPSA) is 38.7 Å². The maximum Gasteiger partial charge on any atom is 0.109 e. The average molecular weight is 292 g/mol. The predicted octanol–water partition coefficient (Wildman–Crippen LogP) is 3.72. The van der Waals surface area contributed by atoms with E-state index in [-0.39, 0.29) is 23.2 Å². The summed E-state index contributed by atoms with van der Waals surface area (Å²) in [4.78, 5) is 0. The van der Waals surface area contributed by atoms with Crippen molar-refractivity contribution in [2.45, 2.75) is 64.4 Å². The van der Waals surface area contributed by atoms with Crippen molar-refractivity contribution in [3.8, 4) is 0 Å². The van der Waals surface area contributed by atoms with Crippen molar-refractivity contribution >= 4 is 0 Å². The van der Waals surface area contributed by atoms with E-state index in [9.17, 15) is 5.11 Å². The van der Waals surface area contributed by atoms with Gasteiger partial charge in [0.25, 0.3) is 0 Å². The Morgan fingerprint density at radius 3 is 2.33 bits per heavy atom. The van der Waals surface area contributed by atoms with Crippen LogP contribution >= 0.6 is 0 Å².